The van der Waals surface area contributed by atoms with Crippen molar-refractivity contribution < 1.29 is 4.74 Å². The number of halogens is 1. The van der Waals surface area contributed by atoms with Gasteiger partial charge in [0.05, 0.1) is 10.7 Å². The molecule has 2 aromatic carbocycles. The van der Waals surface area contributed by atoms with Crippen LogP contribution in [0.25, 0.3) is 11.3 Å². The van der Waals surface area contributed by atoms with Crippen LogP contribution < -0.4 is 15.4 Å². The molecule has 5 nitrogen and oxygen atoms in total. The molecule has 0 radical (unpaired) electrons. The second-order valence-corrected chi connectivity index (χ2v) is 7.31. The first-order valence-corrected chi connectivity index (χ1v) is 10.3. The van der Waals surface area contributed by atoms with E-state index in [-0.39, 0.29) is 0 Å². The Labute approximate surface area is 177 Å². The van der Waals surface area contributed by atoms with E-state index in [1.165, 1.54) is 11.1 Å². The molecule has 3 aromatic rings. The van der Waals surface area contributed by atoms with Crippen LogP contribution in [0.4, 0.5) is 11.6 Å². The van der Waals surface area contributed by atoms with E-state index in [4.69, 9.17) is 16.3 Å². The summed E-state index contributed by atoms with van der Waals surface area (Å²) in [4.78, 5) is 9.03. The third-order valence-electron chi connectivity index (χ3n) is 4.54. The highest BCUT2D eigenvalue weighted by Gasteiger charge is 2.09. The normalized spacial score (nSPS) is 10.8. The lowest BCUT2D eigenvalue weighted by molar-refractivity contribution is 0.314. The Kier molecular flexibility index (Phi) is 7.44. The van der Waals surface area contributed by atoms with Crippen LogP contribution in [0.3, 0.4) is 0 Å². The van der Waals surface area contributed by atoms with Crippen LogP contribution in [0, 0.1) is 13.8 Å². The van der Waals surface area contributed by atoms with Crippen LogP contribution in [0.15, 0.2) is 48.7 Å². The van der Waals surface area contributed by atoms with Gasteiger partial charge in [0, 0.05) is 24.0 Å². The number of hydrogen-bond acceptors (Lipinski definition) is 5. The van der Waals surface area contributed by atoms with Crippen LogP contribution in [-0.2, 0) is 0 Å². The van der Waals surface area contributed by atoms with Crippen molar-refractivity contribution in [2.75, 3.05) is 25.0 Å². The number of nitrogens with one attached hydrogen (secondary N) is 2. The molecule has 0 saturated carbocycles. The molecule has 0 aliphatic heterocycles. The van der Waals surface area contributed by atoms with Gasteiger partial charge in [-0.05, 0) is 62.2 Å². The quantitative estimate of drug-likeness (QED) is 0.454. The van der Waals surface area contributed by atoms with Crippen LogP contribution in [0.5, 0.6) is 5.75 Å². The summed E-state index contributed by atoms with van der Waals surface area (Å²) in [6.45, 7) is 8.68. The molecule has 0 saturated heterocycles. The van der Waals surface area contributed by atoms with Crippen LogP contribution in [0.1, 0.15) is 24.5 Å². The Hall–Kier alpha value is -2.63. The average Bonchev–Trinajstić information content (AvgIpc) is 2.69. The second kappa shape index (κ2) is 10.2. The number of benzene rings is 2. The lowest BCUT2D eigenvalue weighted by Crippen LogP contribution is -2.21. The third-order valence-corrected chi connectivity index (χ3v) is 4.84. The monoisotopic (exact) mass is 410 g/mol. The van der Waals surface area contributed by atoms with Gasteiger partial charge in [-0.25, -0.2) is 9.97 Å². The van der Waals surface area contributed by atoms with E-state index in [2.05, 4.69) is 59.6 Å². The maximum absolute atomic E-state index is 6.38. The molecule has 0 bridgehead atoms. The SMILES string of the molecule is CCCNCCOc1ccc(Nc2nccc(-c3c(C)cccc3C)n2)cc1Cl. The van der Waals surface area contributed by atoms with Gasteiger partial charge in [-0.3, -0.25) is 0 Å². The van der Waals surface area contributed by atoms with Crippen molar-refractivity contribution in [2.24, 2.45) is 0 Å². The zero-order chi connectivity index (χ0) is 20.6. The molecule has 152 valence electrons. The Morgan fingerprint density at radius 3 is 2.55 bits per heavy atom. The molecule has 0 amide bonds. The fraction of sp³-hybridized carbons (Fsp3) is 0.304. The zero-order valence-corrected chi connectivity index (χ0v) is 17.9. The molecular weight excluding hydrogens is 384 g/mol. The molecule has 2 N–H and O–H groups in total. The fourth-order valence-electron chi connectivity index (χ4n) is 3.14. The van der Waals surface area contributed by atoms with Gasteiger partial charge >= 0.3 is 0 Å². The van der Waals surface area contributed by atoms with Gasteiger partial charge < -0.3 is 15.4 Å². The molecule has 1 aromatic heterocycles. The molecule has 0 fully saturated rings. The van der Waals surface area contributed by atoms with Crippen LogP contribution in [0.2, 0.25) is 5.02 Å². The van der Waals surface area contributed by atoms with Crippen molar-refractivity contribution in [1.29, 1.82) is 0 Å². The number of anilines is 2. The highest BCUT2D eigenvalue weighted by Crippen LogP contribution is 2.30. The molecule has 3 rings (SSSR count). The first kappa shape index (κ1) is 21.1. The molecule has 6 heteroatoms. The summed E-state index contributed by atoms with van der Waals surface area (Å²) in [6, 6.07) is 13.8. The Balaban J connectivity index is 1.70. The lowest BCUT2D eigenvalue weighted by Gasteiger charge is -2.12. The topological polar surface area (TPSA) is 59.1 Å². The number of hydrogen-bond donors (Lipinski definition) is 2. The van der Waals surface area contributed by atoms with E-state index >= 15 is 0 Å². The molecular formula is C23H27ClN4O. The molecule has 0 aliphatic carbocycles. The predicted octanol–water partition coefficient (Wildman–Crippen LogP) is 5.54. The summed E-state index contributed by atoms with van der Waals surface area (Å²) >= 11 is 6.38. The van der Waals surface area contributed by atoms with Crippen molar-refractivity contribution in [1.82, 2.24) is 15.3 Å². The number of aryl methyl sites for hydroxylation is 2. The minimum atomic E-state index is 0.527. The molecule has 1 heterocycles. The van der Waals surface area contributed by atoms with Gasteiger partial charge in [0.2, 0.25) is 5.95 Å². The highest BCUT2D eigenvalue weighted by atomic mass is 35.5. The van der Waals surface area contributed by atoms with E-state index in [0.717, 1.165) is 36.5 Å². The molecule has 29 heavy (non-hydrogen) atoms. The maximum Gasteiger partial charge on any atom is 0.227 e. The van der Waals surface area contributed by atoms with E-state index in [0.29, 0.717) is 23.3 Å². The lowest BCUT2D eigenvalue weighted by atomic mass is 10.00. The first-order valence-electron chi connectivity index (χ1n) is 9.88. The van der Waals surface area contributed by atoms with Crippen molar-refractivity contribution in [3.63, 3.8) is 0 Å². The number of ether oxygens (including phenoxy) is 1. The minimum absolute atomic E-state index is 0.527. The summed E-state index contributed by atoms with van der Waals surface area (Å²) in [7, 11) is 0. The minimum Gasteiger partial charge on any atom is -0.491 e. The fourth-order valence-corrected chi connectivity index (χ4v) is 3.37. The van der Waals surface area contributed by atoms with Crippen molar-refractivity contribution in [3.8, 4) is 17.0 Å². The Morgan fingerprint density at radius 2 is 1.83 bits per heavy atom. The first-order chi connectivity index (χ1) is 14.1. The summed E-state index contributed by atoms with van der Waals surface area (Å²) in [5.41, 5.74) is 5.21. The van der Waals surface area contributed by atoms with E-state index < -0.39 is 0 Å². The summed E-state index contributed by atoms with van der Waals surface area (Å²) in [5.74, 6) is 1.19. The van der Waals surface area contributed by atoms with Gasteiger partial charge in [0.15, 0.2) is 0 Å². The van der Waals surface area contributed by atoms with Crippen molar-refractivity contribution in [3.05, 3.63) is 64.8 Å². The highest BCUT2D eigenvalue weighted by molar-refractivity contribution is 6.32. The standard InChI is InChI=1S/C23H27ClN4O/c1-4-11-25-13-14-29-21-9-8-18(15-19(21)24)27-23-26-12-10-20(28-23)22-16(2)6-5-7-17(22)3/h5-10,12,15,25H,4,11,13-14H2,1-3H3,(H,26,27,28). The van der Waals surface area contributed by atoms with Crippen molar-refractivity contribution in [2.45, 2.75) is 27.2 Å². The second-order valence-electron chi connectivity index (χ2n) is 6.90. The smallest absolute Gasteiger partial charge is 0.227 e. The third kappa shape index (κ3) is 5.68. The largest absolute Gasteiger partial charge is 0.491 e. The summed E-state index contributed by atoms with van der Waals surface area (Å²) < 4.78 is 5.74. The van der Waals surface area contributed by atoms with E-state index in [1.807, 2.05) is 24.3 Å². The van der Waals surface area contributed by atoms with Gasteiger partial charge in [0.25, 0.3) is 0 Å². The maximum atomic E-state index is 6.38. The summed E-state index contributed by atoms with van der Waals surface area (Å²) in [5, 5.41) is 7.08. The van der Waals surface area contributed by atoms with E-state index in [9.17, 15) is 0 Å². The van der Waals surface area contributed by atoms with Gasteiger partial charge in [-0.2, -0.15) is 0 Å². The van der Waals surface area contributed by atoms with Gasteiger partial charge in [-0.15, -0.1) is 0 Å². The number of aromatic nitrogens is 2. The Morgan fingerprint density at radius 1 is 1.03 bits per heavy atom. The van der Waals surface area contributed by atoms with Gasteiger partial charge in [0.1, 0.15) is 12.4 Å². The van der Waals surface area contributed by atoms with Gasteiger partial charge in [-0.1, -0.05) is 36.7 Å². The van der Waals surface area contributed by atoms with Crippen LogP contribution >= 0.6 is 11.6 Å². The Bertz CT molecular complexity index is 941. The zero-order valence-electron chi connectivity index (χ0n) is 17.1. The molecule has 0 aliphatic rings. The molecule has 0 atom stereocenters. The number of rotatable bonds is 9. The molecule has 0 spiro atoms. The van der Waals surface area contributed by atoms with Crippen molar-refractivity contribution >= 4 is 23.2 Å². The molecule has 0 unspecified atom stereocenters. The van der Waals surface area contributed by atoms with Crippen LogP contribution in [-0.4, -0.2) is 29.7 Å². The summed E-state index contributed by atoms with van der Waals surface area (Å²) in [6.07, 6.45) is 2.87. The van der Waals surface area contributed by atoms with E-state index in [1.54, 1.807) is 6.20 Å². The predicted molar refractivity (Wildman–Crippen MR) is 120 cm³/mol. The number of nitrogens with zero attached hydrogens (tertiary/aromatic N) is 2. The average molecular weight is 411 g/mol.